The summed E-state index contributed by atoms with van der Waals surface area (Å²) in [6.45, 7) is 1.73. The van der Waals surface area contributed by atoms with Crippen molar-refractivity contribution in [2.45, 2.75) is 69.1 Å². The van der Waals surface area contributed by atoms with Gasteiger partial charge in [-0.3, -0.25) is 28.9 Å². The quantitative estimate of drug-likeness (QED) is 0.115. The second-order valence-electron chi connectivity index (χ2n) is 10.6. The van der Waals surface area contributed by atoms with Gasteiger partial charge in [-0.25, -0.2) is 0 Å². The first-order valence-corrected chi connectivity index (χ1v) is 15.3. The number of nitrogens with zero attached hydrogens (tertiary/aromatic N) is 2. The number of nitrogens with two attached hydrogens (primary N) is 1. The van der Waals surface area contributed by atoms with Gasteiger partial charge in [0.25, 0.3) is 0 Å². The maximum atomic E-state index is 12.7. The summed E-state index contributed by atoms with van der Waals surface area (Å²) in [5.41, 5.74) is 8.31. The number of thioether (sulfide) groups is 1. The molecule has 1 aromatic carbocycles. The van der Waals surface area contributed by atoms with Gasteiger partial charge in [-0.1, -0.05) is 24.3 Å². The SMILES string of the molecule is CC(N)Cc1cccc(CCCSC2CC(=O)N(CCC(=O)NCC(O)CNC(=O)CCN3C(=O)C=CC3O)C2=O)c1. The van der Waals surface area contributed by atoms with Crippen LogP contribution in [0.3, 0.4) is 0 Å². The van der Waals surface area contributed by atoms with Crippen LogP contribution in [0.4, 0.5) is 0 Å². The summed E-state index contributed by atoms with van der Waals surface area (Å²) in [6, 6.07) is 8.43. The van der Waals surface area contributed by atoms with Gasteiger partial charge in [0.05, 0.1) is 11.4 Å². The summed E-state index contributed by atoms with van der Waals surface area (Å²) in [4.78, 5) is 63.2. The summed E-state index contributed by atoms with van der Waals surface area (Å²) in [6.07, 6.45) is 2.99. The maximum absolute atomic E-state index is 12.7. The van der Waals surface area contributed by atoms with E-state index >= 15 is 0 Å². The van der Waals surface area contributed by atoms with Crippen LogP contribution < -0.4 is 16.4 Å². The van der Waals surface area contributed by atoms with Crippen molar-refractivity contribution in [1.82, 2.24) is 20.4 Å². The predicted molar refractivity (Wildman–Crippen MR) is 158 cm³/mol. The third kappa shape index (κ3) is 10.5. The number of benzene rings is 1. The lowest BCUT2D eigenvalue weighted by Gasteiger charge is -2.20. The van der Waals surface area contributed by atoms with Crippen LogP contribution in [0.25, 0.3) is 0 Å². The summed E-state index contributed by atoms with van der Waals surface area (Å²) in [5.74, 6) is -1.07. The van der Waals surface area contributed by atoms with Crippen LogP contribution >= 0.6 is 11.8 Å². The van der Waals surface area contributed by atoms with E-state index in [1.807, 2.05) is 13.0 Å². The fourth-order valence-electron chi connectivity index (χ4n) is 4.69. The third-order valence-electron chi connectivity index (χ3n) is 6.91. The van der Waals surface area contributed by atoms with Crippen LogP contribution in [0.2, 0.25) is 0 Å². The number of hydrogen-bond acceptors (Lipinski definition) is 9. The normalized spacial score (nSPS) is 19.9. The lowest BCUT2D eigenvalue weighted by atomic mass is 10.0. The van der Waals surface area contributed by atoms with E-state index in [1.165, 1.54) is 35.0 Å². The Labute approximate surface area is 250 Å². The van der Waals surface area contributed by atoms with E-state index in [-0.39, 0.29) is 69.2 Å². The third-order valence-corrected chi connectivity index (χ3v) is 8.20. The van der Waals surface area contributed by atoms with Gasteiger partial charge < -0.3 is 31.5 Å². The first-order valence-electron chi connectivity index (χ1n) is 14.2. The molecular formula is C29H41N5O7S. The molecule has 0 bridgehead atoms. The van der Waals surface area contributed by atoms with Gasteiger partial charge in [0.1, 0.15) is 6.23 Å². The van der Waals surface area contributed by atoms with Crippen LogP contribution in [0.15, 0.2) is 36.4 Å². The van der Waals surface area contributed by atoms with Crippen molar-refractivity contribution in [1.29, 1.82) is 0 Å². The molecule has 13 heteroatoms. The highest BCUT2D eigenvalue weighted by Crippen LogP contribution is 2.26. The number of aryl methyl sites for hydroxylation is 1. The lowest BCUT2D eigenvalue weighted by molar-refractivity contribution is -0.139. The Morgan fingerprint density at radius 2 is 1.76 bits per heavy atom. The summed E-state index contributed by atoms with van der Waals surface area (Å²) in [7, 11) is 0. The fraction of sp³-hybridized carbons (Fsp3) is 0.552. The Hall–Kier alpha value is -3.26. The second kappa shape index (κ2) is 16.4. The smallest absolute Gasteiger partial charge is 0.248 e. The molecule has 0 aliphatic carbocycles. The lowest BCUT2D eigenvalue weighted by Crippen LogP contribution is -2.42. The highest BCUT2D eigenvalue weighted by molar-refractivity contribution is 8.00. The van der Waals surface area contributed by atoms with Crippen molar-refractivity contribution in [3.8, 4) is 0 Å². The highest BCUT2D eigenvalue weighted by Gasteiger charge is 2.38. The summed E-state index contributed by atoms with van der Waals surface area (Å²) < 4.78 is 0. The van der Waals surface area contributed by atoms with Crippen molar-refractivity contribution < 1.29 is 34.2 Å². The number of imide groups is 1. The molecular weight excluding hydrogens is 562 g/mol. The predicted octanol–water partition coefficient (Wildman–Crippen LogP) is -0.540. The van der Waals surface area contributed by atoms with Gasteiger partial charge in [-0.05, 0) is 49.1 Å². The number of carbonyl (C=O) groups is 5. The molecule has 4 atom stereocenters. The molecule has 230 valence electrons. The first-order chi connectivity index (χ1) is 20.0. The van der Waals surface area contributed by atoms with Crippen LogP contribution in [0.5, 0.6) is 0 Å². The van der Waals surface area contributed by atoms with Crippen LogP contribution in [0.1, 0.15) is 43.7 Å². The second-order valence-corrected chi connectivity index (χ2v) is 11.9. The van der Waals surface area contributed by atoms with Gasteiger partial charge in [-0.15, -0.1) is 11.8 Å². The minimum absolute atomic E-state index is 0.0302. The Morgan fingerprint density at radius 3 is 2.40 bits per heavy atom. The van der Waals surface area contributed by atoms with E-state index in [4.69, 9.17) is 5.73 Å². The molecule has 1 fully saturated rings. The number of likely N-dealkylation sites (tertiary alicyclic amines) is 1. The zero-order valence-electron chi connectivity index (χ0n) is 23.9. The number of amides is 5. The largest absolute Gasteiger partial charge is 0.389 e. The number of aliphatic hydroxyl groups is 2. The van der Waals surface area contributed by atoms with Crippen LogP contribution in [-0.2, 0) is 36.8 Å². The maximum Gasteiger partial charge on any atom is 0.248 e. The zero-order valence-corrected chi connectivity index (χ0v) is 24.7. The van der Waals surface area contributed by atoms with Crippen molar-refractivity contribution in [2.75, 3.05) is 31.9 Å². The van der Waals surface area contributed by atoms with Gasteiger partial charge >= 0.3 is 0 Å². The number of nitrogens with one attached hydrogen (secondary N) is 2. The van der Waals surface area contributed by atoms with Crippen molar-refractivity contribution in [2.24, 2.45) is 5.73 Å². The van der Waals surface area contributed by atoms with Gasteiger partial charge in [0.2, 0.25) is 29.5 Å². The van der Waals surface area contributed by atoms with Crippen molar-refractivity contribution in [3.63, 3.8) is 0 Å². The molecule has 1 aromatic rings. The molecule has 2 aliphatic rings. The number of rotatable bonds is 17. The molecule has 0 spiro atoms. The molecule has 0 radical (unpaired) electrons. The molecule has 12 nitrogen and oxygen atoms in total. The van der Waals surface area contributed by atoms with Crippen LogP contribution in [-0.4, -0.2) is 105 Å². The van der Waals surface area contributed by atoms with E-state index < -0.39 is 29.4 Å². The minimum Gasteiger partial charge on any atom is -0.389 e. The number of aliphatic hydroxyl groups excluding tert-OH is 2. The molecule has 6 N–H and O–H groups in total. The monoisotopic (exact) mass is 603 g/mol. The molecule has 2 aliphatic heterocycles. The van der Waals surface area contributed by atoms with Gasteiger partial charge in [0, 0.05) is 57.6 Å². The molecule has 0 aromatic heterocycles. The Bertz CT molecular complexity index is 1160. The molecule has 1 saturated heterocycles. The molecule has 5 amide bonds. The highest BCUT2D eigenvalue weighted by atomic mass is 32.2. The van der Waals surface area contributed by atoms with E-state index in [0.717, 1.165) is 34.8 Å². The average Bonchev–Trinajstić information content (AvgIpc) is 3.41. The molecule has 42 heavy (non-hydrogen) atoms. The van der Waals surface area contributed by atoms with E-state index in [0.29, 0.717) is 0 Å². The minimum atomic E-state index is -1.05. The topological polar surface area (TPSA) is 182 Å². The Balaban J connectivity index is 1.27. The molecule has 0 saturated carbocycles. The summed E-state index contributed by atoms with van der Waals surface area (Å²) >= 11 is 1.47. The van der Waals surface area contributed by atoms with E-state index in [9.17, 15) is 34.2 Å². The average molecular weight is 604 g/mol. The Morgan fingerprint density at radius 1 is 1.10 bits per heavy atom. The Kier molecular flexibility index (Phi) is 13.0. The first kappa shape index (κ1) is 33.2. The van der Waals surface area contributed by atoms with Crippen LogP contribution in [0, 0.1) is 0 Å². The molecule has 2 heterocycles. The zero-order chi connectivity index (χ0) is 30.6. The number of hydrogen-bond donors (Lipinski definition) is 5. The van der Waals surface area contributed by atoms with E-state index in [1.54, 1.807) is 0 Å². The fourth-order valence-corrected chi connectivity index (χ4v) is 5.82. The van der Waals surface area contributed by atoms with Crippen molar-refractivity contribution in [3.05, 3.63) is 47.5 Å². The standard InChI is InChI=1S/C29H41N5O7S/c1-19(30)14-21-5-2-4-20(15-21)6-3-13-42-23-16-28(40)34(29(23)41)12-10-25(37)32-18-22(35)17-31-24(36)9-11-33-26(38)7-8-27(33)39/h2,4-5,7-8,15,19,22-23,26,35,38H,3,6,9-14,16-18,30H2,1H3,(H,31,36)(H,32,37). The van der Waals surface area contributed by atoms with Gasteiger partial charge in [-0.2, -0.15) is 0 Å². The molecule has 4 unspecified atom stereocenters. The van der Waals surface area contributed by atoms with Gasteiger partial charge in [0.15, 0.2) is 0 Å². The number of carbonyl (C=O) groups excluding carboxylic acids is 5. The van der Waals surface area contributed by atoms with Crippen molar-refractivity contribution >= 4 is 41.3 Å². The summed E-state index contributed by atoms with van der Waals surface area (Å²) in [5, 5.41) is 24.3. The molecule has 3 rings (SSSR count). The van der Waals surface area contributed by atoms with E-state index in [2.05, 4.69) is 28.8 Å².